The van der Waals surface area contributed by atoms with Crippen molar-refractivity contribution in [2.24, 2.45) is 0 Å². The number of rotatable bonds is 7. The molecule has 0 aliphatic heterocycles. The van der Waals surface area contributed by atoms with E-state index >= 15 is 0 Å². The zero-order valence-corrected chi connectivity index (χ0v) is 10.8. The number of aliphatic carboxylic acids is 1. The number of anilines is 1. The summed E-state index contributed by atoms with van der Waals surface area (Å²) in [6.45, 7) is 2.49. The molecule has 0 bridgehead atoms. The smallest absolute Gasteiger partial charge is 0.333 e. The summed E-state index contributed by atoms with van der Waals surface area (Å²) >= 11 is 0. The van der Waals surface area contributed by atoms with Gasteiger partial charge >= 0.3 is 11.7 Å². The van der Waals surface area contributed by atoms with Gasteiger partial charge < -0.3 is 14.7 Å². The SMILES string of the molecule is CCN(CCC(=O)O)c1cccc(OC)c1[N+](=O)[O-]. The van der Waals surface area contributed by atoms with Crippen molar-refractivity contribution in [1.29, 1.82) is 0 Å². The van der Waals surface area contributed by atoms with Crippen molar-refractivity contribution >= 4 is 17.3 Å². The largest absolute Gasteiger partial charge is 0.490 e. The molecule has 0 unspecified atom stereocenters. The average Bonchev–Trinajstić information content (AvgIpc) is 2.38. The summed E-state index contributed by atoms with van der Waals surface area (Å²) < 4.78 is 4.98. The Bertz CT molecular complexity index is 475. The summed E-state index contributed by atoms with van der Waals surface area (Å²) in [6.07, 6.45) is -0.0811. The van der Waals surface area contributed by atoms with Crippen molar-refractivity contribution in [3.05, 3.63) is 28.3 Å². The molecule has 0 fully saturated rings. The number of nitro groups is 1. The maximum absolute atomic E-state index is 11.1. The first-order chi connectivity index (χ1) is 9.01. The molecule has 0 radical (unpaired) electrons. The second kappa shape index (κ2) is 6.58. The number of hydrogen-bond acceptors (Lipinski definition) is 5. The van der Waals surface area contributed by atoms with Crippen LogP contribution in [0.5, 0.6) is 5.75 Å². The molecule has 104 valence electrons. The molecule has 19 heavy (non-hydrogen) atoms. The van der Waals surface area contributed by atoms with Gasteiger partial charge in [0.2, 0.25) is 0 Å². The molecule has 1 rings (SSSR count). The average molecular weight is 268 g/mol. The lowest BCUT2D eigenvalue weighted by Crippen LogP contribution is -2.26. The van der Waals surface area contributed by atoms with Gasteiger partial charge in [0.05, 0.1) is 18.5 Å². The quantitative estimate of drug-likeness (QED) is 0.599. The molecule has 7 heteroatoms. The number of carbonyl (C=O) groups is 1. The number of carboxylic acid groups (broad SMARTS) is 1. The van der Waals surface area contributed by atoms with E-state index in [9.17, 15) is 14.9 Å². The Kier molecular flexibility index (Phi) is 5.11. The fourth-order valence-electron chi connectivity index (χ4n) is 1.79. The van der Waals surface area contributed by atoms with E-state index in [1.54, 1.807) is 17.0 Å². The highest BCUT2D eigenvalue weighted by Gasteiger charge is 2.24. The predicted octanol–water partition coefficient (Wildman–Crippen LogP) is 1.90. The van der Waals surface area contributed by atoms with Crippen LogP contribution < -0.4 is 9.64 Å². The lowest BCUT2D eigenvalue weighted by Gasteiger charge is -2.22. The number of ether oxygens (including phenoxy) is 1. The van der Waals surface area contributed by atoms with E-state index < -0.39 is 10.9 Å². The zero-order valence-electron chi connectivity index (χ0n) is 10.8. The van der Waals surface area contributed by atoms with Crippen LogP contribution >= 0.6 is 0 Å². The van der Waals surface area contributed by atoms with Crippen molar-refractivity contribution in [1.82, 2.24) is 0 Å². The monoisotopic (exact) mass is 268 g/mol. The minimum atomic E-state index is -0.941. The Labute approximate surface area is 110 Å². The van der Waals surface area contributed by atoms with Gasteiger partial charge in [-0.25, -0.2) is 0 Å². The Morgan fingerprint density at radius 2 is 2.21 bits per heavy atom. The molecule has 0 heterocycles. The highest BCUT2D eigenvalue weighted by atomic mass is 16.6. The van der Waals surface area contributed by atoms with Crippen LogP contribution in [0.3, 0.4) is 0 Å². The van der Waals surface area contributed by atoms with Crippen LogP contribution in [0.15, 0.2) is 18.2 Å². The molecule has 0 saturated carbocycles. The Balaban J connectivity index is 3.15. The summed E-state index contributed by atoms with van der Waals surface area (Å²) in [6, 6.07) is 4.74. The normalized spacial score (nSPS) is 10.0. The maximum Gasteiger partial charge on any atom is 0.333 e. The van der Waals surface area contributed by atoms with Gasteiger partial charge in [-0.05, 0) is 19.1 Å². The summed E-state index contributed by atoms with van der Waals surface area (Å²) in [7, 11) is 1.36. The van der Waals surface area contributed by atoms with Crippen LogP contribution in [0.1, 0.15) is 13.3 Å². The van der Waals surface area contributed by atoms with Gasteiger partial charge in [-0.3, -0.25) is 14.9 Å². The van der Waals surface area contributed by atoms with E-state index in [1.807, 2.05) is 6.92 Å². The number of nitro benzene ring substituents is 1. The van der Waals surface area contributed by atoms with E-state index in [2.05, 4.69) is 0 Å². The Hall–Kier alpha value is -2.31. The van der Waals surface area contributed by atoms with E-state index in [4.69, 9.17) is 9.84 Å². The highest BCUT2D eigenvalue weighted by Crippen LogP contribution is 2.36. The number of carboxylic acids is 1. The van der Waals surface area contributed by atoms with E-state index in [1.165, 1.54) is 13.2 Å². The van der Waals surface area contributed by atoms with Crippen molar-refractivity contribution in [2.75, 3.05) is 25.1 Å². The third-order valence-corrected chi connectivity index (χ3v) is 2.70. The molecule has 1 N–H and O–H groups in total. The first-order valence-corrected chi connectivity index (χ1v) is 5.79. The van der Waals surface area contributed by atoms with Gasteiger partial charge in [0.1, 0.15) is 5.69 Å². The molecular formula is C12H16N2O5. The highest BCUT2D eigenvalue weighted by molar-refractivity contribution is 5.71. The molecule has 0 spiro atoms. The van der Waals surface area contributed by atoms with Crippen molar-refractivity contribution in [3.8, 4) is 5.75 Å². The van der Waals surface area contributed by atoms with E-state index in [-0.39, 0.29) is 24.4 Å². The van der Waals surface area contributed by atoms with E-state index in [0.29, 0.717) is 12.2 Å². The molecule has 0 saturated heterocycles. The van der Waals surface area contributed by atoms with Crippen LogP contribution in [-0.4, -0.2) is 36.2 Å². The van der Waals surface area contributed by atoms with Crippen LogP contribution in [-0.2, 0) is 4.79 Å². The zero-order chi connectivity index (χ0) is 14.4. The van der Waals surface area contributed by atoms with Gasteiger partial charge in [-0.15, -0.1) is 0 Å². The molecule has 0 aliphatic rings. The standard InChI is InChI=1S/C12H16N2O5/c1-3-13(8-7-11(15)16)9-5-4-6-10(19-2)12(9)14(17)18/h4-6H,3,7-8H2,1-2H3,(H,15,16). The van der Waals surface area contributed by atoms with Crippen molar-refractivity contribution in [3.63, 3.8) is 0 Å². The molecule has 7 nitrogen and oxygen atoms in total. The summed E-state index contributed by atoms with van der Waals surface area (Å²) in [4.78, 5) is 22.9. The topological polar surface area (TPSA) is 92.9 Å². The Morgan fingerprint density at radius 3 is 2.68 bits per heavy atom. The van der Waals surface area contributed by atoms with Gasteiger partial charge in [0.15, 0.2) is 5.75 Å². The lowest BCUT2D eigenvalue weighted by molar-refractivity contribution is -0.385. The minimum absolute atomic E-state index is 0.0811. The summed E-state index contributed by atoms with van der Waals surface area (Å²) in [5, 5.41) is 19.8. The van der Waals surface area contributed by atoms with Gasteiger partial charge in [0, 0.05) is 13.1 Å². The maximum atomic E-state index is 11.1. The molecule has 0 amide bonds. The minimum Gasteiger partial charge on any atom is -0.490 e. The van der Waals surface area contributed by atoms with Crippen LogP contribution in [0.4, 0.5) is 11.4 Å². The van der Waals surface area contributed by atoms with Crippen molar-refractivity contribution < 1.29 is 19.6 Å². The number of methoxy groups -OCH3 is 1. The second-order valence-electron chi connectivity index (χ2n) is 3.81. The molecule has 1 aromatic rings. The third kappa shape index (κ3) is 3.57. The fourth-order valence-corrected chi connectivity index (χ4v) is 1.79. The molecule has 0 aliphatic carbocycles. The van der Waals surface area contributed by atoms with Gasteiger partial charge in [-0.1, -0.05) is 6.07 Å². The molecule has 1 aromatic carbocycles. The molecule has 0 aromatic heterocycles. The molecular weight excluding hydrogens is 252 g/mol. The van der Waals surface area contributed by atoms with Crippen LogP contribution in [0.25, 0.3) is 0 Å². The number of benzene rings is 1. The van der Waals surface area contributed by atoms with Crippen molar-refractivity contribution in [2.45, 2.75) is 13.3 Å². The number of para-hydroxylation sites is 1. The lowest BCUT2D eigenvalue weighted by atomic mass is 10.2. The summed E-state index contributed by atoms with van der Waals surface area (Å²) in [5.74, 6) is -0.778. The number of nitrogens with zero attached hydrogens (tertiary/aromatic N) is 2. The first-order valence-electron chi connectivity index (χ1n) is 5.79. The summed E-state index contributed by atoms with van der Waals surface area (Å²) in [5.41, 5.74) is 0.227. The predicted molar refractivity (Wildman–Crippen MR) is 69.8 cm³/mol. The van der Waals surface area contributed by atoms with Gasteiger partial charge in [0.25, 0.3) is 0 Å². The van der Waals surface area contributed by atoms with Gasteiger partial charge in [-0.2, -0.15) is 0 Å². The fraction of sp³-hybridized carbons (Fsp3) is 0.417. The first kappa shape index (κ1) is 14.7. The van der Waals surface area contributed by atoms with Crippen LogP contribution in [0.2, 0.25) is 0 Å². The van der Waals surface area contributed by atoms with E-state index in [0.717, 1.165) is 0 Å². The second-order valence-corrected chi connectivity index (χ2v) is 3.81. The third-order valence-electron chi connectivity index (χ3n) is 2.70. The van der Waals surface area contributed by atoms with Crippen LogP contribution in [0, 0.1) is 10.1 Å². The Morgan fingerprint density at radius 1 is 1.53 bits per heavy atom. The molecule has 0 atom stereocenters. The number of hydrogen-bond donors (Lipinski definition) is 1.